The lowest BCUT2D eigenvalue weighted by atomic mass is 9.98. The molecule has 3 heterocycles. The fourth-order valence-corrected chi connectivity index (χ4v) is 4.11. The van der Waals surface area contributed by atoms with E-state index in [9.17, 15) is 9.59 Å². The summed E-state index contributed by atoms with van der Waals surface area (Å²) in [7, 11) is 0. The number of benzene rings is 2. The largest absolute Gasteiger partial charge is 0.349 e. The predicted molar refractivity (Wildman–Crippen MR) is 121 cm³/mol. The Morgan fingerprint density at radius 3 is 2.58 bits per heavy atom. The number of nitrogens with one attached hydrogen (secondary N) is 1. The number of hydrogen-bond acceptors (Lipinski definition) is 5. The second-order valence-corrected chi connectivity index (χ2v) is 8.56. The smallest absolute Gasteiger partial charge is 0.259 e. The van der Waals surface area contributed by atoms with E-state index in [1.165, 1.54) is 0 Å². The highest BCUT2D eigenvalue weighted by Gasteiger charge is 2.32. The number of ketones is 1. The van der Waals surface area contributed by atoms with Gasteiger partial charge in [-0.05, 0) is 42.8 Å². The Morgan fingerprint density at radius 2 is 1.81 bits per heavy atom. The molecule has 1 aliphatic rings. The first-order valence-electron chi connectivity index (χ1n) is 10.3. The van der Waals surface area contributed by atoms with E-state index < -0.39 is 0 Å². The van der Waals surface area contributed by atoms with Crippen molar-refractivity contribution in [2.24, 2.45) is 0 Å². The zero-order valence-corrected chi connectivity index (χ0v) is 17.4. The quantitative estimate of drug-likeness (QED) is 0.513. The first-order chi connectivity index (χ1) is 14.9. The highest BCUT2D eigenvalue weighted by atomic mass is 16.1. The van der Waals surface area contributed by atoms with Gasteiger partial charge in [0.15, 0.2) is 5.78 Å². The standard InChI is InChI=1S/C25H22N4O2/c1-25(2)15-29-23(31)20(22(27-24(29)28-25)17-9-11-26-12-10-17)14-21(30)19-8-7-16-5-3-4-6-18(16)13-19/h3-13H,14-15H2,1-2H3,(H,27,28). The van der Waals surface area contributed by atoms with E-state index in [0.29, 0.717) is 29.3 Å². The summed E-state index contributed by atoms with van der Waals surface area (Å²) in [4.78, 5) is 35.5. The SMILES string of the molecule is CC1(C)Cn2c(nc(-c3ccncc3)c(CC(=O)c3ccc4ccccc4c3)c2=O)N1. The Labute approximate surface area is 179 Å². The Hall–Kier alpha value is -3.80. The monoisotopic (exact) mass is 410 g/mol. The first kappa shape index (κ1) is 19.2. The van der Waals surface area contributed by atoms with Gasteiger partial charge in [0.2, 0.25) is 5.95 Å². The van der Waals surface area contributed by atoms with Gasteiger partial charge in [-0.25, -0.2) is 4.98 Å². The van der Waals surface area contributed by atoms with Crippen LogP contribution in [0.15, 0.2) is 71.8 Å². The van der Waals surface area contributed by atoms with Crippen LogP contribution < -0.4 is 10.9 Å². The number of hydrogen-bond donors (Lipinski definition) is 1. The third-order valence-electron chi connectivity index (χ3n) is 5.63. The minimum absolute atomic E-state index is 0.0114. The number of fused-ring (bicyclic) bond motifs is 2. The molecule has 5 rings (SSSR count). The van der Waals surface area contributed by atoms with Crippen molar-refractivity contribution in [3.8, 4) is 11.3 Å². The molecule has 6 nitrogen and oxygen atoms in total. The van der Waals surface area contributed by atoms with Crippen LogP contribution in [0.3, 0.4) is 0 Å². The minimum Gasteiger partial charge on any atom is -0.349 e. The van der Waals surface area contributed by atoms with E-state index in [0.717, 1.165) is 16.3 Å². The molecule has 0 unspecified atom stereocenters. The predicted octanol–water partition coefficient (Wildman–Crippen LogP) is 4.09. The van der Waals surface area contributed by atoms with Crippen LogP contribution in [0.1, 0.15) is 29.8 Å². The van der Waals surface area contributed by atoms with Crippen LogP contribution in [0.5, 0.6) is 0 Å². The fourth-order valence-electron chi connectivity index (χ4n) is 4.11. The van der Waals surface area contributed by atoms with Crippen LogP contribution in [0.25, 0.3) is 22.0 Å². The lowest BCUT2D eigenvalue weighted by Gasteiger charge is -2.15. The normalized spacial score (nSPS) is 14.3. The highest BCUT2D eigenvalue weighted by Crippen LogP contribution is 2.28. The van der Waals surface area contributed by atoms with Gasteiger partial charge in [0.05, 0.1) is 23.3 Å². The molecule has 1 N–H and O–H groups in total. The molecule has 2 aromatic heterocycles. The number of Topliss-reactive ketones (excluding diaryl/α,β-unsaturated/α-hetero) is 1. The van der Waals surface area contributed by atoms with Gasteiger partial charge in [0.1, 0.15) is 0 Å². The van der Waals surface area contributed by atoms with Crippen molar-refractivity contribution in [2.75, 3.05) is 5.32 Å². The molecule has 154 valence electrons. The number of carbonyl (C=O) groups is 1. The third kappa shape index (κ3) is 3.50. The Balaban J connectivity index is 1.60. The molecule has 0 bridgehead atoms. The number of nitrogens with zero attached hydrogens (tertiary/aromatic N) is 3. The number of rotatable bonds is 4. The van der Waals surface area contributed by atoms with Gasteiger partial charge in [-0.3, -0.25) is 19.1 Å². The van der Waals surface area contributed by atoms with Crippen molar-refractivity contribution < 1.29 is 4.79 Å². The molecule has 31 heavy (non-hydrogen) atoms. The van der Waals surface area contributed by atoms with Crippen molar-refractivity contribution >= 4 is 22.5 Å². The van der Waals surface area contributed by atoms with Crippen LogP contribution in [-0.2, 0) is 13.0 Å². The van der Waals surface area contributed by atoms with E-state index in [1.807, 2.05) is 68.4 Å². The number of pyridine rings is 1. The molecule has 0 saturated heterocycles. The van der Waals surface area contributed by atoms with E-state index in [4.69, 9.17) is 4.98 Å². The summed E-state index contributed by atoms with van der Waals surface area (Å²) >= 11 is 0. The number of aromatic nitrogens is 3. The Kier molecular flexibility index (Phi) is 4.43. The van der Waals surface area contributed by atoms with Gasteiger partial charge in [-0.15, -0.1) is 0 Å². The van der Waals surface area contributed by atoms with Crippen molar-refractivity contribution in [2.45, 2.75) is 32.4 Å². The van der Waals surface area contributed by atoms with E-state index >= 15 is 0 Å². The molecule has 1 aliphatic heterocycles. The second kappa shape index (κ2) is 7.16. The molecule has 0 amide bonds. The summed E-state index contributed by atoms with van der Waals surface area (Å²) < 4.78 is 1.63. The summed E-state index contributed by atoms with van der Waals surface area (Å²) in [5.41, 5.74) is 1.83. The molecule has 0 atom stereocenters. The molecular formula is C25H22N4O2. The topological polar surface area (TPSA) is 76.9 Å². The Bertz CT molecular complexity index is 1370. The van der Waals surface area contributed by atoms with Gasteiger partial charge >= 0.3 is 0 Å². The summed E-state index contributed by atoms with van der Waals surface area (Å²) in [6.45, 7) is 4.54. The Morgan fingerprint density at radius 1 is 1.06 bits per heavy atom. The zero-order valence-electron chi connectivity index (χ0n) is 17.4. The summed E-state index contributed by atoms with van der Waals surface area (Å²) in [5, 5.41) is 5.38. The number of carbonyl (C=O) groups excluding carboxylic acids is 1. The molecule has 6 heteroatoms. The molecule has 0 spiro atoms. The number of anilines is 1. The van der Waals surface area contributed by atoms with Gasteiger partial charge in [-0.2, -0.15) is 0 Å². The van der Waals surface area contributed by atoms with E-state index in [-0.39, 0.29) is 23.3 Å². The fraction of sp³-hybridized carbons (Fsp3) is 0.200. The van der Waals surface area contributed by atoms with Gasteiger partial charge in [0.25, 0.3) is 5.56 Å². The average Bonchev–Trinajstić information content (AvgIpc) is 3.10. The first-order valence-corrected chi connectivity index (χ1v) is 10.3. The highest BCUT2D eigenvalue weighted by molar-refractivity contribution is 6.01. The van der Waals surface area contributed by atoms with Crippen LogP contribution >= 0.6 is 0 Å². The lowest BCUT2D eigenvalue weighted by molar-refractivity contribution is 0.0992. The van der Waals surface area contributed by atoms with Crippen molar-refractivity contribution in [1.82, 2.24) is 14.5 Å². The minimum atomic E-state index is -0.282. The van der Waals surface area contributed by atoms with Crippen LogP contribution in [0.4, 0.5) is 5.95 Å². The van der Waals surface area contributed by atoms with E-state index in [1.54, 1.807) is 17.0 Å². The molecule has 2 aromatic carbocycles. The maximum Gasteiger partial charge on any atom is 0.259 e. The van der Waals surface area contributed by atoms with Crippen molar-refractivity contribution in [3.05, 3.63) is 88.5 Å². The molecule has 0 saturated carbocycles. The zero-order chi connectivity index (χ0) is 21.6. The summed E-state index contributed by atoms with van der Waals surface area (Å²) in [6.07, 6.45) is 3.31. The van der Waals surface area contributed by atoms with Gasteiger partial charge in [0, 0.05) is 29.9 Å². The summed E-state index contributed by atoms with van der Waals surface area (Å²) in [6, 6.07) is 17.2. The van der Waals surface area contributed by atoms with Crippen LogP contribution in [0.2, 0.25) is 0 Å². The molecular weight excluding hydrogens is 388 g/mol. The molecule has 0 fully saturated rings. The van der Waals surface area contributed by atoms with E-state index in [2.05, 4.69) is 10.3 Å². The third-order valence-corrected chi connectivity index (χ3v) is 5.63. The maximum absolute atomic E-state index is 13.4. The van der Waals surface area contributed by atoms with Crippen LogP contribution in [-0.4, -0.2) is 25.9 Å². The summed E-state index contributed by atoms with van der Waals surface area (Å²) in [5.74, 6) is 0.425. The second-order valence-electron chi connectivity index (χ2n) is 8.56. The molecule has 0 aliphatic carbocycles. The molecule has 0 radical (unpaired) electrons. The van der Waals surface area contributed by atoms with Gasteiger partial charge < -0.3 is 5.32 Å². The van der Waals surface area contributed by atoms with Crippen molar-refractivity contribution in [3.63, 3.8) is 0 Å². The molecule has 4 aromatic rings. The maximum atomic E-state index is 13.4. The van der Waals surface area contributed by atoms with Gasteiger partial charge in [-0.1, -0.05) is 36.4 Å². The van der Waals surface area contributed by atoms with Crippen LogP contribution in [0, 0.1) is 0 Å². The van der Waals surface area contributed by atoms with Crippen molar-refractivity contribution in [1.29, 1.82) is 0 Å². The lowest BCUT2D eigenvalue weighted by Crippen LogP contribution is -2.30. The average molecular weight is 410 g/mol.